The Labute approximate surface area is 143 Å². The number of nitrogens with zero attached hydrogens (tertiary/aromatic N) is 5. The third kappa shape index (κ3) is 3.02. The molecule has 0 bridgehead atoms. The molecule has 1 aliphatic carbocycles. The van der Waals surface area contributed by atoms with Crippen molar-refractivity contribution in [2.24, 2.45) is 0 Å². The van der Waals surface area contributed by atoms with Crippen molar-refractivity contribution in [2.45, 2.75) is 31.8 Å². The van der Waals surface area contributed by atoms with Crippen LogP contribution in [0.5, 0.6) is 0 Å². The molecule has 128 valence electrons. The van der Waals surface area contributed by atoms with E-state index >= 15 is 0 Å². The standard InChI is InChI=1S/C17H18N6O2/c24-16(15-10-23(21-20-15)12-4-3-5-12)18-8-9-22-11-19-14-7-2-1-6-13(14)17(22)25/h1-2,6-7,10-12H,3-5,8-9H2,(H,18,24). The van der Waals surface area contributed by atoms with Gasteiger partial charge in [-0.3, -0.25) is 14.2 Å². The highest BCUT2D eigenvalue weighted by molar-refractivity contribution is 5.91. The maximum Gasteiger partial charge on any atom is 0.273 e. The van der Waals surface area contributed by atoms with E-state index in [4.69, 9.17) is 0 Å². The average molecular weight is 338 g/mol. The molecule has 0 saturated heterocycles. The average Bonchev–Trinajstić information content (AvgIpc) is 3.05. The van der Waals surface area contributed by atoms with Crippen LogP contribution in [0.4, 0.5) is 0 Å². The van der Waals surface area contributed by atoms with Gasteiger partial charge in [0, 0.05) is 13.1 Å². The molecule has 2 heterocycles. The molecule has 8 nitrogen and oxygen atoms in total. The first-order valence-corrected chi connectivity index (χ1v) is 8.36. The summed E-state index contributed by atoms with van der Waals surface area (Å²) in [5, 5.41) is 11.3. The highest BCUT2D eigenvalue weighted by atomic mass is 16.2. The largest absolute Gasteiger partial charge is 0.349 e. The van der Waals surface area contributed by atoms with Crippen LogP contribution in [0.3, 0.4) is 0 Å². The molecule has 2 aromatic heterocycles. The van der Waals surface area contributed by atoms with Crippen molar-refractivity contribution in [1.29, 1.82) is 0 Å². The third-order valence-electron chi connectivity index (χ3n) is 4.56. The van der Waals surface area contributed by atoms with Crippen molar-refractivity contribution in [1.82, 2.24) is 29.9 Å². The van der Waals surface area contributed by atoms with E-state index in [-0.39, 0.29) is 11.5 Å². The maximum atomic E-state index is 12.4. The van der Waals surface area contributed by atoms with Gasteiger partial charge in [0.05, 0.1) is 29.5 Å². The SMILES string of the molecule is O=C(NCCn1cnc2ccccc2c1=O)c1cn(C2CCC2)nn1. The number of fused-ring (bicyclic) bond motifs is 1. The van der Waals surface area contributed by atoms with Crippen molar-refractivity contribution in [3.8, 4) is 0 Å². The fraction of sp³-hybridized carbons (Fsp3) is 0.353. The number of aromatic nitrogens is 5. The Hall–Kier alpha value is -3.03. The summed E-state index contributed by atoms with van der Waals surface area (Å²) in [6, 6.07) is 7.57. The van der Waals surface area contributed by atoms with E-state index < -0.39 is 0 Å². The summed E-state index contributed by atoms with van der Waals surface area (Å²) in [6.07, 6.45) is 6.55. The van der Waals surface area contributed by atoms with Gasteiger partial charge in [-0.05, 0) is 31.4 Å². The number of carbonyl (C=O) groups excluding carboxylic acids is 1. The van der Waals surface area contributed by atoms with Gasteiger partial charge in [-0.2, -0.15) is 0 Å². The summed E-state index contributed by atoms with van der Waals surface area (Å²) in [5.41, 5.74) is 0.854. The number of rotatable bonds is 5. The molecule has 1 fully saturated rings. The van der Waals surface area contributed by atoms with E-state index in [1.54, 1.807) is 23.0 Å². The normalized spacial score (nSPS) is 14.4. The summed E-state index contributed by atoms with van der Waals surface area (Å²) in [4.78, 5) is 28.8. The van der Waals surface area contributed by atoms with Crippen molar-refractivity contribution < 1.29 is 4.79 Å². The van der Waals surface area contributed by atoms with Crippen LogP contribution in [-0.2, 0) is 6.54 Å². The predicted octanol–water partition coefficient (Wildman–Crippen LogP) is 1.14. The van der Waals surface area contributed by atoms with E-state index in [0.717, 1.165) is 12.8 Å². The molecule has 4 rings (SSSR count). The number of amides is 1. The summed E-state index contributed by atoms with van der Waals surface area (Å²) in [5.74, 6) is -0.285. The highest BCUT2D eigenvalue weighted by Gasteiger charge is 2.22. The number of para-hydroxylation sites is 1. The predicted molar refractivity (Wildman–Crippen MR) is 91.2 cm³/mol. The molecule has 1 amide bonds. The fourth-order valence-electron chi connectivity index (χ4n) is 2.86. The third-order valence-corrected chi connectivity index (χ3v) is 4.56. The number of nitrogens with one attached hydrogen (secondary N) is 1. The van der Waals surface area contributed by atoms with Gasteiger partial charge in [0.25, 0.3) is 11.5 Å². The van der Waals surface area contributed by atoms with Crippen LogP contribution in [0.25, 0.3) is 10.9 Å². The van der Waals surface area contributed by atoms with Crippen LogP contribution in [0.15, 0.2) is 41.6 Å². The van der Waals surface area contributed by atoms with Crippen molar-refractivity contribution in [3.63, 3.8) is 0 Å². The Morgan fingerprint density at radius 2 is 2.12 bits per heavy atom. The quantitative estimate of drug-likeness (QED) is 0.753. The molecule has 0 atom stereocenters. The Kier molecular flexibility index (Phi) is 4.01. The van der Waals surface area contributed by atoms with Gasteiger partial charge in [0.1, 0.15) is 0 Å². The Balaban J connectivity index is 1.39. The number of hydrogen-bond donors (Lipinski definition) is 1. The van der Waals surface area contributed by atoms with Crippen LogP contribution in [0.2, 0.25) is 0 Å². The van der Waals surface area contributed by atoms with Gasteiger partial charge in [-0.1, -0.05) is 17.3 Å². The molecule has 25 heavy (non-hydrogen) atoms. The molecule has 0 unspecified atom stereocenters. The first-order chi connectivity index (χ1) is 12.2. The summed E-state index contributed by atoms with van der Waals surface area (Å²) in [6.45, 7) is 0.661. The topological polar surface area (TPSA) is 94.7 Å². The van der Waals surface area contributed by atoms with Crippen LogP contribution >= 0.6 is 0 Å². The van der Waals surface area contributed by atoms with Gasteiger partial charge in [-0.15, -0.1) is 5.10 Å². The minimum Gasteiger partial charge on any atom is -0.349 e. The fourth-order valence-corrected chi connectivity index (χ4v) is 2.86. The van der Waals surface area contributed by atoms with Crippen molar-refractivity contribution >= 4 is 16.8 Å². The van der Waals surface area contributed by atoms with E-state index in [1.807, 2.05) is 12.1 Å². The lowest BCUT2D eigenvalue weighted by Crippen LogP contribution is -2.31. The first kappa shape index (κ1) is 15.5. The van der Waals surface area contributed by atoms with Crippen LogP contribution in [0, 0.1) is 0 Å². The second kappa shape index (κ2) is 6.46. The Bertz CT molecular complexity index is 972. The molecule has 0 radical (unpaired) electrons. The van der Waals surface area contributed by atoms with Crippen molar-refractivity contribution in [3.05, 3.63) is 52.8 Å². The Morgan fingerprint density at radius 3 is 2.92 bits per heavy atom. The van der Waals surface area contributed by atoms with E-state index in [1.165, 1.54) is 17.3 Å². The molecule has 1 aromatic carbocycles. The summed E-state index contributed by atoms with van der Waals surface area (Å²) >= 11 is 0. The van der Waals surface area contributed by atoms with Gasteiger partial charge >= 0.3 is 0 Å². The molecule has 1 N–H and O–H groups in total. The lowest BCUT2D eigenvalue weighted by atomic mass is 9.93. The first-order valence-electron chi connectivity index (χ1n) is 8.36. The molecule has 8 heteroatoms. The zero-order chi connectivity index (χ0) is 17.2. The van der Waals surface area contributed by atoms with Crippen LogP contribution in [0.1, 0.15) is 35.8 Å². The molecular weight excluding hydrogens is 320 g/mol. The number of hydrogen-bond acceptors (Lipinski definition) is 5. The van der Waals surface area contributed by atoms with Crippen LogP contribution in [-0.4, -0.2) is 37.0 Å². The smallest absolute Gasteiger partial charge is 0.273 e. The minimum absolute atomic E-state index is 0.115. The summed E-state index contributed by atoms with van der Waals surface area (Å²) < 4.78 is 3.25. The number of benzene rings is 1. The molecule has 1 aliphatic rings. The van der Waals surface area contributed by atoms with Gasteiger partial charge in [0.15, 0.2) is 5.69 Å². The van der Waals surface area contributed by atoms with Crippen LogP contribution < -0.4 is 10.9 Å². The second-order valence-electron chi connectivity index (χ2n) is 6.18. The molecular formula is C17H18N6O2. The van der Waals surface area contributed by atoms with E-state index in [0.29, 0.717) is 35.7 Å². The highest BCUT2D eigenvalue weighted by Crippen LogP contribution is 2.30. The van der Waals surface area contributed by atoms with Crippen molar-refractivity contribution in [2.75, 3.05) is 6.54 Å². The summed E-state index contributed by atoms with van der Waals surface area (Å²) in [7, 11) is 0. The van der Waals surface area contributed by atoms with Gasteiger partial charge < -0.3 is 5.32 Å². The van der Waals surface area contributed by atoms with E-state index in [9.17, 15) is 9.59 Å². The zero-order valence-electron chi connectivity index (χ0n) is 13.6. The minimum atomic E-state index is -0.285. The maximum absolute atomic E-state index is 12.4. The Morgan fingerprint density at radius 1 is 1.28 bits per heavy atom. The zero-order valence-corrected chi connectivity index (χ0v) is 13.6. The molecule has 0 spiro atoms. The molecule has 3 aromatic rings. The molecule has 1 saturated carbocycles. The monoisotopic (exact) mass is 338 g/mol. The lowest BCUT2D eigenvalue weighted by molar-refractivity contribution is 0.0947. The lowest BCUT2D eigenvalue weighted by Gasteiger charge is -2.24. The van der Waals surface area contributed by atoms with Gasteiger partial charge in [0.2, 0.25) is 0 Å². The number of carbonyl (C=O) groups is 1. The van der Waals surface area contributed by atoms with Gasteiger partial charge in [-0.25, -0.2) is 9.67 Å². The second-order valence-corrected chi connectivity index (χ2v) is 6.18. The molecule has 0 aliphatic heterocycles. The van der Waals surface area contributed by atoms with E-state index in [2.05, 4.69) is 20.6 Å².